The van der Waals surface area contributed by atoms with Gasteiger partial charge in [0.25, 0.3) is 0 Å². The number of aliphatic hydroxyl groups excluding tert-OH is 1. The van der Waals surface area contributed by atoms with Crippen LogP contribution in [0.5, 0.6) is 0 Å². The van der Waals surface area contributed by atoms with Gasteiger partial charge in [-0.3, -0.25) is 0 Å². The predicted molar refractivity (Wildman–Crippen MR) is 90.0 cm³/mol. The van der Waals surface area contributed by atoms with E-state index in [1.165, 1.54) is 32.9 Å². The lowest BCUT2D eigenvalue weighted by Crippen LogP contribution is -2.40. The van der Waals surface area contributed by atoms with E-state index < -0.39 is 26.2 Å². The Bertz CT molecular complexity index is 793. The van der Waals surface area contributed by atoms with E-state index in [0.717, 1.165) is 0 Å². The molecule has 25 heavy (non-hydrogen) atoms. The minimum atomic E-state index is -3.68. The van der Waals surface area contributed by atoms with Gasteiger partial charge in [-0.2, -0.15) is 8.61 Å². The smallest absolute Gasteiger partial charge is 0.243 e. The molecule has 8 nitrogen and oxygen atoms in total. The average Bonchev–Trinajstić information content (AvgIpc) is 2.63. The zero-order valence-corrected chi connectivity index (χ0v) is 15.4. The maximum Gasteiger partial charge on any atom is 0.243 e. The van der Waals surface area contributed by atoms with E-state index in [4.69, 9.17) is 4.74 Å². The van der Waals surface area contributed by atoms with Crippen LogP contribution >= 0.6 is 0 Å². The summed E-state index contributed by atoms with van der Waals surface area (Å²) in [7, 11) is -7.32. The maximum atomic E-state index is 12.6. The summed E-state index contributed by atoms with van der Waals surface area (Å²) >= 11 is 0. The van der Waals surface area contributed by atoms with Gasteiger partial charge in [-0.1, -0.05) is 0 Å². The van der Waals surface area contributed by atoms with E-state index in [-0.39, 0.29) is 22.9 Å². The summed E-state index contributed by atoms with van der Waals surface area (Å²) in [6, 6.07) is 5.31. The third kappa shape index (κ3) is 3.88. The number of nitrogens with zero attached hydrogens (tertiary/aromatic N) is 2. The standard InChI is InChI=1S/C15H22N2O6S2/c18-13-5-7-16(8-6-13)24(19,20)14-1-3-15(4-2-14)25(21,22)17-9-11-23-12-10-17/h1-4,13,18H,5-12H2. The van der Waals surface area contributed by atoms with Gasteiger partial charge < -0.3 is 9.84 Å². The van der Waals surface area contributed by atoms with Gasteiger partial charge in [0.1, 0.15) is 0 Å². The minimum Gasteiger partial charge on any atom is -0.393 e. The molecule has 0 spiro atoms. The van der Waals surface area contributed by atoms with Crippen LogP contribution in [0.1, 0.15) is 12.8 Å². The first kappa shape index (κ1) is 18.7. The van der Waals surface area contributed by atoms with Crippen molar-refractivity contribution in [3.8, 4) is 0 Å². The fraction of sp³-hybridized carbons (Fsp3) is 0.600. The Kier molecular flexibility index (Phi) is 5.47. The second-order valence-electron chi connectivity index (χ2n) is 6.12. The number of benzene rings is 1. The Morgan fingerprint density at radius 2 is 1.20 bits per heavy atom. The molecule has 1 aromatic carbocycles. The van der Waals surface area contributed by atoms with Crippen molar-refractivity contribution in [2.45, 2.75) is 28.7 Å². The first-order chi connectivity index (χ1) is 11.8. The van der Waals surface area contributed by atoms with Crippen molar-refractivity contribution in [2.75, 3.05) is 39.4 Å². The van der Waals surface area contributed by atoms with Gasteiger partial charge in [0.2, 0.25) is 20.0 Å². The molecule has 2 heterocycles. The van der Waals surface area contributed by atoms with Crippen LogP contribution in [0.15, 0.2) is 34.1 Å². The van der Waals surface area contributed by atoms with Crippen LogP contribution in [0, 0.1) is 0 Å². The van der Waals surface area contributed by atoms with Gasteiger partial charge in [0.15, 0.2) is 0 Å². The zero-order chi connectivity index (χ0) is 18.1. The Morgan fingerprint density at radius 1 is 0.800 bits per heavy atom. The fourth-order valence-corrected chi connectivity index (χ4v) is 5.83. The number of ether oxygens (including phenoxy) is 1. The molecule has 0 unspecified atom stereocenters. The van der Waals surface area contributed by atoms with Crippen molar-refractivity contribution in [1.29, 1.82) is 0 Å². The molecule has 2 fully saturated rings. The van der Waals surface area contributed by atoms with E-state index in [2.05, 4.69) is 0 Å². The lowest BCUT2D eigenvalue weighted by Gasteiger charge is -2.29. The number of piperidine rings is 1. The SMILES string of the molecule is O=S(=O)(c1ccc(S(=O)(=O)N2CCC(O)CC2)cc1)N1CCOCC1. The highest BCUT2D eigenvalue weighted by Crippen LogP contribution is 2.23. The summed E-state index contributed by atoms with van der Waals surface area (Å²) in [4.78, 5) is 0.132. The molecule has 0 saturated carbocycles. The van der Waals surface area contributed by atoms with Gasteiger partial charge in [0, 0.05) is 26.2 Å². The molecule has 140 valence electrons. The second-order valence-corrected chi connectivity index (χ2v) is 10.00. The third-order valence-corrected chi connectivity index (χ3v) is 8.32. The zero-order valence-electron chi connectivity index (χ0n) is 13.7. The summed E-state index contributed by atoms with van der Waals surface area (Å²) < 4.78 is 58.2. The maximum absolute atomic E-state index is 12.6. The van der Waals surface area contributed by atoms with Gasteiger partial charge >= 0.3 is 0 Å². The summed E-state index contributed by atoms with van der Waals surface area (Å²) in [5.74, 6) is 0. The molecular weight excluding hydrogens is 368 g/mol. The summed E-state index contributed by atoms with van der Waals surface area (Å²) in [6.07, 6.45) is 0.346. The molecule has 0 aromatic heterocycles. The van der Waals surface area contributed by atoms with Crippen molar-refractivity contribution in [3.63, 3.8) is 0 Å². The summed E-state index contributed by atoms with van der Waals surface area (Å²) in [5.41, 5.74) is 0. The molecule has 2 aliphatic heterocycles. The minimum absolute atomic E-state index is 0.0600. The molecule has 0 radical (unpaired) electrons. The molecule has 1 aromatic rings. The summed E-state index contributed by atoms with van der Waals surface area (Å²) in [5, 5.41) is 9.51. The molecule has 0 bridgehead atoms. The van der Waals surface area contributed by atoms with Crippen LogP contribution in [0.4, 0.5) is 0 Å². The Morgan fingerprint density at radius 3 is 1.64 bits per heavy atom. The molecule has 10 heteroatoms. The van der Waals surface area contributed by atoms with Crippen LogP contribution in [0.25, 0.3) is 0 Å². The number of morpholine rings is 1. The highest BCUT2D eigenvalue weighted by Gasteiger charge is 2.30. The predicted octanol–water partition coefficient (Wildman–Crippen LogP) is -0.147. The normalized spacial score (nSPS) is 22.1. The first-order valence-corrected chi connectivity index (χ1v) is 11.1. The van der Waals surface area contributed by atoms with Crippen molar-refractivity contribution in [3.05, 3.63) is 24.3 Å². The highest BCUT2D eigenvalue weighted by molar-refractivity contribution is 7.89. The van der Waals surface area contributed by atoms with E-state index in [0.29, 0.717) is 39.1 Å². The average molecular weight is 390 g/mol. The Hall–Kier alpha value is -1.04. The van der Waals surface area contributed by atoms with Crippen LogP contribution < -0.4 is 0 Å². The number of sulfonamides is 2. The quantitative estimate of drug-likeness (QED) is 0.767. The molecule has 1 N–H and O–H groups in total. The van der Waals surface area contributed by atoms with E-state index in [9.17, 15) is 21.9 Å². The molecule has 2 saturated heterocycles. The molecule has 2 aliphatic rings. The van der Waals surface area contributed by atoms with Crippen molar-refractivity contribution >= 4 is 20.0 Å². The van der Waals surface area contributed by atoms with Crippen molar-refractivity contribution in [1.82, 2.24) is 8.61 Å². The number of rotatable bonds is 4. The van der Waals surface area contributed by atoms with Crippen molar-refractivity contribution in [2.24, 2.45) is 0 Å². The highest BCUT2D eigenvalue weighted by atomic mass is 32.2. The molecule has 0 aliphatic carbocycles. The van der Waals surface area contributed by atoms with E-state index >= 15 is 0 Å². The number of aliphatic hydroxyl groups is 1. The lowest BCUT2D eigenvalue weighted by molar-refractivity contribution is 0.0730. The largest absolute Gasteiger partial charge is 0.393 e. The van der Waals surface area contributed by atoms with Gasteiger partial charge in [-0.25, -0.2) is 16.8 Å². The fourth-order valence-electron chi connectivity index (χ4n) is 2.95. The molecular formula is C15H22N2O6S2. The van der Waals surface area contributed by atoms with Crippen LogP contribution in [-0.2, 0) is 24.8 Å². The third-order valence-electron chi connectivity index (χ3n) is 4.49. The molecule has 0 amide bonds. The van der Waals surface area contributed by atoms with Gasteiger partial charge in [0.05, 0.1) is 29.1 Å². The van der Waals surface area contributed by atoms with Gasteiger partial charge in [-0.05, 0) is 37.1 Å². The topological polar surface area (TPSA) is 104 Å². The molecule has 3 rings (SSSR count). The monoisotopic (exact) mass is 390 g/mol. The van der Waals surface area contributed by atoms with Gasteiger partial charge in [-0.15, -0.1) is 0 Å². The number of hydrogen-bond donors (Lipinski definition) is 1. The molecule has 0 atom stereocenters. The van der Waals surface area contributed by atoms with Crippen molar-refractivity contribution < 1.29 is 26.7 Å². The van der Waals surface area contributed by atoms with E-state index in [1.54, 1.807) is 0 Å². The Labute approximate surface area is 148 Å². The van der Waals surface area contributed by atoms with E-state index in [1.807, 2.05) is 0 Å². The second kappa shape index (κ2) is 7.29. The van der Waals surface area contributed by atoms with Crippen LogP contribution in [-0.4, -0.2) is 76.0 Å². The Balaban J connectivity index is 1.80. The van der Waals surface area contributed by atoms with Crippen LogP contribution in [0.3, 0.4) is 0 Å². The summed E-state index contributed by atoms with van der Waals surface area (Å²) in [6.45, 7) is 1.81. The number of hydrogen-bond acceptors (Lipinski definition) is 6. The van der Waals surface area contributed by atoms with Crippen LogP contribution in [0.2, 0.25) is 0 Å². The lowest BCUT2D eigenvalue weighted by atomic mass is 10.1. The first-order valence-electron chi connectivity index (χ1n) is 8.18.